The molecule has 7 nitrogen and oxygen atoms in total. The molecule has 31 heavy (non-hydrogen) atoms. The monoisotopic (exact) mass is 415 g/mol. The van der Waals surface area contributed by atoms with Crippen LogP contribution in [0.3, 0.4) is 0 Å². The van der Waals surface area contributed by atoms with E-state index in [0.29, 0.717) is 25.4 Å². The Morgan fingerprint density at radius 2 is 1.90 bits per heavy atom. The number of ether oxygens (including phenoxy) is 1. The van der Waals surface area contributed by atoms with Gasteiger partial charge in [0.1, 0.15) is 5.60 Å². The summed E-state index contributed by atoms with van der Waals surface area (Å²) in [5, 5.41) is 4.52. The van der Waals surface area contributed by atoms with Gasteiger partial charge in [0.05, 0.1) is 12.3 Å². The summed E-state index contributed by atoms with van der Waals surface area (Å²) in [6, 6.07) is 12.0. The molecule has 0 unspecified atom stereocenters. The number of hydrogen-bond acceptors (Lipinski definition) is 5. The summed E-state index contributed by atoms with van der Waals surface area (Å²) in [6.45, 7) is 2.87. The van der Waals surface area contributed by atoms with Gasteiger partial charge < -0.3 is 9.64 Å². The molecular weight excluding hydrogens is 390 g/mol. The molecule has 0 atom stereocenters. The van der Waals surface area contributed by atoms with E-state index in [4.69, 9.17) is 9.72 Å². The third-order valence-electron chi connectivity index (χ3n) is 6.82. The summed E-state index contributed by atoms with van der Waals surface area (Å²) in [5.41, 5.74) is 4.48. The van der Waals surface area contributed by atoms with Gasteiger partial charge >= 0.3 is 0 Å². The second-order valence-corrected chi connectivity index (χ2v) is 8.67. The summed E-state index contributed by atoms with van der Waals surface area (Å²) in [4.78, 5) is 24.5. The van der Waals surface area contributed by atoms with Crippen LogP contribution in [0.1, 0.15) is 46.7 Å². The van der Waals surface area contributed by atoms with Gasteiger partial charge in [-0.3, -0.25) is 9.48 Å². The highest BCUT2D eigenvalue weighted by atomic mass is 16.5. The van der Waals surface area contributed by atoms with E-state index in [-0.39, 0.29) is 5.91 Å². The molecule has 3 aliphatic rings. The SMILES string of the molecule is O=C(c1cc2n(n1)CCC2)N1CCC2(CC1)OCCc1cnc(-c3ccccc3)nc12. The van der Waals surface area contributed by atoms with Gasteiger partial charge in [0.15, 0.2) is 11.5 Å². The van der Waals surface area contributed by atoms with Crippen LogP contribution in [0.2, 0.25) is 0 Å². The molecule has 0 bridgehead atoms. The third kappa shape index (κ3) is 3.15. The molecule has 1 aromatic carbocycles. The van der Waals surface area contributed by atoms with Crippen molar-refractivity contribution in [1.29, 1.82) is 0 Å². The van der Waals surface area contributed by atoms with Gasteiger partial charge in [0, 0.05) is 37.1 Å². The molecule has 1 saturated heterocycles. The van der Waals surface area contributed by atoms with Crippen LogP contribution in [0.5, 0.6) is 0 Å². The molecule has 3 aromatic rings. The first kappa shape index (κ1) is 18.7. The smallest absolute Gasteiger partial charge is 0.274 e. The van der Waals surface area contributed by atoms with Crippen molar-refractivity contribution in [3.8, 4) is 11.4 Å². The number of amides is 1. The van der Waals surface area contributed by atoms with Crippen LogP contribution in [-0.2, 0) is 29.7 Å². The Hall–Kier alpha value is -3.06. The van der Waals surface area contributed by atoms with Crippen LogP contribution in [0.4, 0.5) is 0 Å². The van der Waals surface area contributed by atoms with Crippen molar-refractivity contribution >= 4 is 5.91 Å². The average molecular weight is 415 g/mol. The van der Waals surface area contributed by atoms with Crippen molar-refractivity contribution in [3.05, 3.63) is 65.2 Å². The predicted molar refractivity (Wildman–Crippen MR) is 114 cm³/mol. The van der Waals surface area contributed by atoms with Crippen molar-refractivity contribution in [2.75, 3.05) is 19.7 Å². The molecule has 158 valence electrons. The minimum Gasteiger partial charge on any atom is -0.368 e. The lowest BCUT2D eigenvalue weighted by Crippen LogP contribution is -2.49. The number of aromatic nitrogens is 4. The number of carbonyl (C=O) groups is 1. The Morgan fingerprint density at radius 3 is 2.71 bits per heavy atom. The van der Waals surface area contributed by atoms with E-state index >= 15 is 0 Å². The molecule has 6 rings (SSSR count). The van der Waals surface area contributed by atoms with Crippen LogP contribution < -0.4 is 0 Å². The molecule has 3 aliphatic heterocycles. The maximum absolute atomic E-state index is 13.0. The van der Waals surface area contributed by atoms with Crippen LogP contribution in [0.15, 0.2) is 42.6 Å². The van der Waals surface area contributed by atoms with Gasteiger partial charge in [-0.1, -0.05) is 30.3 Å². The summed E-state index contributed by atoms with van der Waals surface area (Å²) in [5.74, 6) is 0.760. The van der Waals surface area contributed by atoms with Gasteiger partial charge in [-0.2, -0.15) is 5.10 Å². The minimum absolute atomic E-state index is 0.0282. The standard InChI is InChI=1S/C24H25N5O2/c30-23(20-15-19-7-4-11-29(19)27-20)28-12-9-24(10-13-28)21-18(8-14-31-24)16-25-22(26-21)17-5-2-1-3-6-17/h1-3,5-6,15-16H,4,7-14H2. The highest BCUT2D eigenvalue weighted by Crippen LogP contribution is 2.41. The Bertz CT molecular complexity index is 1110. The molecule has 1 fully saturated rings. The van der Waals surface area contributed by atoms with Gasteiger partial charge in [-0.25, -0.2) is 9.97 Å². The first-order valence-corrected chi connectivity index (χ1v) is 11.1. The fourth-order valence-corrected chi connectivity index (χ4v) is 5.11. The summed E-state index contributed by atoms with van der Waals surface area (Å²) in [6.07, 6.45) is 6.40. The normalized spacial score (nSPS) is 19.3. The summed E-state index contributed by atoms with van der Waals surface area (Å²) in [7, 11) is 0. The number of rotatable bonds is 2. The predicted octanol–water partition coefficient (Wildman–Crippen LogP) is 2.99. The number of nitrogens with zero attached hydrogens (tertiary/aromatic N) is 5. The van der Waals surface area contributed by atoms with Crippen LogP contribution in [0.25, 0.3) is 11.4 Å². The number of likely N-dealkylation sites (tertiary alicyclic amines) is 1. The minimum atomic E-state index is -0.438. The van der Waals surface area contributed by atoms with Gasteiger partial charge in [0.25, 0.3) is 5.91 Å². The number of fused-ring (bicyclic) bond motifs is 3. The Morgan fingerprint density at radius 1 is 1.06 bits per heavy atom. The average Bonchev–Trinajstić information content (AvgIpc) is 3.43. The van der Waals surface area contributed by atoms with Crippen LogP contribution in [-0.4, -0.2) is 50.3 Å². The van der Waals surface area contributed by atoms with E-state index in [9.17, 15) is 4.79 Å². The Labute approximate surface area is 181 Å². The van der Waals surface area contributed by atoms with E-state index < -0.39 is 5.60 Å². The second-order valence-electron chi connectivity index (χ2n) is 8.67. The third-order valence-corrected chi connectivity index (χ3v) is 6.82. The van der Waals surface area contributed by atoms with E-state index in [2.05, 4.69) is 10.1 Å². The number of aryl methyl sites for hydroxylation is 2. The molecule has 0 saturated carbocycles. The van der Waals surface area contributed by atoms with Gasteiger partial charge in [-0.05, 0) is 43.7 Å². The highest BCUT2D eigenvalue weighted by Gasteiger charge is 2.43. The van der Waals surface area contributed by atoms with Gasteiger partial charge in [0.2, 0.25) is 0 Å². The fraction of sp³-hybridized carbons (Fsp3) is 0.417. The zero-order valence-electron chi connectivity index (χ0n) is 17.5. The van der Waals surface area contributed by atoms with Crippen LogP contribution >= 0.6 is 0 Å². The lowest BCUT2D eigenvalue weighted by molar-refractivity contribution is -0.0967. The lowest BCUT2D eigenvalue weighted by atomic mass is 9.83. The first-order valence-electron chi connectivity index (χ1n) is 11.1. The molecular formula is C24H25N5O2. The molecule has 0 aliphatic carbocycles. The summed E-state index contributed by atoms with van der Waals surface area (Å²) >= 11 is 0. The Kier molecular flexibility index (Phi) is 4.38. The molecule has 1 amide bonds. The van der Waals surface area contributed by atoms with E-state index in [1.54, 1.807) is 0 Å². The zero-order valence-corrected chi connectivity index (χ0v) is 17.5. The molecule has 2 aromatic heterocycles. The number of carbonyl (C=O) groups excluding carboxylic acids is 1. The number of hydrogen-bond donors (Lipinski definition) is 0. The maximum Gasteiger partial charge on any atom is 0.274 e. The van der Waals surface area contributed by atoms with E-state index in [0.717, 1.165) is 61.3 Å². The Balaban J connectivity index is 1.25. The molecule has 0 N–H and O–H groups in total. The molecule has 7 heteroatoms. The fourth-order valence-electron chi connectivity index (χ4n) is 5.11. The van der Waals surface area contributed by atoms with Crippen molar-refractivity contribution in [3.63, 3.8) is 0 Å². The molecule has 0 radical (unpaired) electrons. The summed E-state index contributed by atoms with van der Waals surface area (Å²) < 4.78 is 8.33. The van der Waals surface area contributed by atoms with Crippen molar-refractivity contribution in [1.82, 2.24) is 24.6 Å². The maximum atomic E-state index is 13.0. The highest BCUT2D eigenvalue weighted by molar-refractivity contribution is 5.92. The molecule has 1 spiro atoms. The van der Waals surface area contributed by atoms with E-state index in [1.165, 1.54) is 5.69 Å². The first-order chi connectivity index (χ1) is 15.2. The largest absolute Gasteiger partial charge is 0.368 e. The van der Waals surface area contributed by atoms with Gasteiger partial charge in [-0.15, -0.1) is 0 Å². The topological polar surface area (TPSA) is 73.1 Å². The zero-order chi connectivity index (χ0) is 20.8. The van der Waals surface area contributed by atoms with Crippen LogP contribution in [0, 0.1) is 0 Å². The number of piperidine rings is 1. The molecule has 5 heterocycles. The van der Waals surface area contributed by atoms with Crippen molar-refractivity contribution in [2.24, 2.45) is 0 Å². The quantitative estimate of drug-likeness (QED) is 0.643. The lowest BCUT2D eigenvalue weighted by Gasteiger charge is -2.44. The van der Waals surface area contributed by atoms with E-state index in [1.807, 2.05) is 52.2 Å². The van der Waals surface area contributed by atoms with Crippen molar-refractivity contribution < 1.29 is 9.53 Å². The second kappa shape index (κ2) is 7.27. The number of benzene rings is 1. The van der Waals surface area contributed by atoms with Crippen molar-refractivity contribution in [2.45, 2.75) is 44.2 Å².